The molecule has 3 aromatic carbocycles. The summed E-state index contributed by atoms with van der Waals surface area (Å²) in [6.45, 7) is 1.61. The predicted molar refractivity (Wildman–Crippen MR) is 143 cm³/mol. The first-order valence-corrected chi connectivity index (χ1v) is 13.5. The maximum absolute atomic E-state index is 13.8. The van der Waals surface area contributed by atoms with Gasteiger partial charge in [0, 0.05) is 18.0 Å². The number of hydroxylamine groups is 1. The van der Waals surface area contributed by atoms with Crippen molar-refractivity contribution in [2.45, 2.75) is 23.6 Å². The zero-order chi connectivity index (χ0) is 29.8. The molecule has 4 aromatic rings. The molecule has 4 rings (SSSR count). The zero-order valence-electron chi connectivity index (χ0n) is 21.6. The summed E-state index contributed by atoms with van der Waals surface area (Å²) in [6, 6.07) is 16.9. The van der Waals surface area contributed by atoms with Crippen LogP contribution in [0.5, 0.6) is 11.5 Å². The molecule has 0 radical (unpaired) electrons. The fourth-order valence-corrected chi connectivity index (χ4v) is 5.70. The number of aryl methyl sites for hydroxylation is 1. The first-order chi connectivity index (χ1) is 19.4. The molecule has 1 unspecified atom stereocenters. The number of sulfone groups is 1. The Hall–Kier alpha value is -4.62. The summed E-state index contributed by atoms with van der Waals surface area (Å²) < 4.78 is 74.4. The average molecular weight is 588 g/mol. The van der Waals surface area contributed by atoms with Crippen molar-refractivity contribution in [3.63, 3.8) is 0 Å². The third-order valence-corrected chi connectivity index (χ3v) is 8.00. The Balaban J connectivity index is 1.79. The minimum absolute atomic E-state index is 0.0248. The number of halogens is 3. The standard InChI is InChI=1S/C28H24F3N3O6S/c1-17-14-20(18-5-7-22(8-6-18)40-28(29,30)31)15-24(26(35)34-36)25(17)33-27(19-4-3-13-32-16-19)41(37,38)23-11-9-21(39-2)10-12-23/h3-16,27,33,36H,1-2H3,(H,34,35). The highest BCUT2D eigenvalue weighted by molar-refractivity contribution is 7.91. The Bertz CT molecular complexity index is 1630. The van der Waals surface area contributed by atoms with Gasteiger partial charge in [-0.25, -0.2) is 13.9 Å². The van der Waals surface area contributed by atoms with Gasteiger partial charge in [0.2, 0.25) is 9.84 Å². The van der Waals surface area contributed by atoms with Crippen molar-refractivity contribution >= 4 is 21.4 Å². The molecule has 1 heterocycles. The highest BCUT2D eigenvalue weighted by atomic mass is 32.2. The normalized spacial score (nSPS) is 12.3. The maximum Gasteiger partial charge on any atom is 0.573 e. The summed E-state index contributed by atoms with van der Waals surface area (Å²) in [5, 5.41) is 11.0. The van der Waals surface area contributed by atoms with E-state index in [-0.39, 0.29) is 21.7 Å². The SMILES string of the molecule is COc1ccc(S(=O)(=O)C(Nc2c(C)cc(-c3ccc(OC(F)(F)F)cc3)cc2C(=O)NO)c2cccnc2)cc1. The highest BCUT2D eigenvalue weighted by Gasteiger charge is 2.32. The lowest BCUT2D eigenvalue weighted by Crippen LogP contribution is -2.26. The zero-order valence-corrected chi connectivity index (χ0v) is 22.5. The fourth-order valence-electron chi connectivity index (χ4n) is 4.14. The number of nitrogens with zero attached hydrogens (tertiary/aromatic N) is 1. The third kappa shape index (κ3) is 6.76. The van der Waals surface area contributed by atoms with Crippen LogP contribution in [0.1, 0.15) is 26.9 Å². The lowest BCUT2D eigenvalue weighted by molar-refractivity contribution is -0.274. The van der Waals surface area contributed by atoms with Crippen molar-refractivity contribution in [3.05, 3.63) is 102 Å². The van der Waals surface area contributed by atoms with E-state index in [0.29, 0.717) is 22.4 Å². The molecule has 0 saturated heterocycles. The number of hydrogen-bond acceptors (Lipinski definition) is 8. The van der Waals surface area contributed by atoms with Gasteiger partial charge in [0.05, 0.1) is 23.3 Å². The van der Waals surface area contributed by atoms with E-state index in [1.807, 2.05) is 0 Å². The van der Waals surface area contributed by atoms with Crippen LogP contribution < -0.4 is 20.3 Å². The number of hydrogen-bond donors (Lipinski definition) is 3. The molecule has 214 valence electrons. The molecule has 13 heteroatoms. The number of rotatable bonds is 9. The number of methoxy groups -OCH3 is 1. The van der Waals surface area contributed by atoms with E-state index < -0.39 is 33.2 Å². The van der Waals surface area contributed by atoms with Gasteiger partial charge in [-0.15, -0.1) is 13.2 Å². The summed E-state index contributed by atoms with van der Waals surface area (Å²) in [4.78, 5) is 16.8. The van der Waals surface area contributed by atoms with Crippen LogP contribution in [0.2, 0.25) is 0 Å². The van der Waals surface area contributed by atoms with E-state index in [9.17, 15) is 31.6 Å². The Morgan fingerprint density at radius 3 is 2.20 bits per heavy atom. The molecule has 0 aliphatic heterocycles. The molecular formula is C28H24F3N3O6S. The van der Waals surface area contributed by atoms with Gasteiger partial charge in [0.25, 0.3) is 5.91 Å². The molecule has 0 aliphatic rings. The van der Waals surface area contributed by atoms with Crippen molar-refractivity contribution in [3.8, 4) is 22.6 Å². The molecule has 0 fully saturated rings. The van der Waals surface area contributed by atoms with Crippen LogP contribution in [0, 0.1) is 6.92 Å². The monoisotopic (exact) mass is 587 g/mol. The number of amides is 1. The van der Waals surface area contributed by atoms with E-state index in [1.165, 1.54) is 62.0 Å². The second kappa shape index (κ2) is 11.9. The summed E-state index contributed by atoms with van der Waals surface area (Å²) >= 11 is 0. The predicted octanol–water partition coefficient (Wildman–Crippen LogP) is 5.67. The van der Waals surface area contributed by atoms with E-state index in [2.05, 4.69) is 15.0 Å². The first-order valence-electron chi connectivity index (χ1n) is 11.9. The highest BCUT2D eigenvalue weighted by Crippen LogP contribution is 2.36. The van der Waals surface area contributed by atoms with Gasteiger partial charge >= 0.3 is 6.36 Å². The Kier molecular flexibility index (Phi) is 8.49. The number of nitrogens with one attached hydrogen (secondary N) is 2. The van der Waals surface area contributed by atoms with Crippen molar-refractivity contribution in [1.82, 2.24) is 10.5 Å². The molecule has 1 amide bonds. The molecule has 41 heavy (non-hydrogen) atoms. The summed E-state index contributed by atoms with van der Waals surface area (Å²) in [7, 11) is -2.68. The summed E-state index contributed by atoms with van der Waals surface area (Å²) in [5.74, 6) is -0.907. The molecule has 1 aromatic heterocycles. The lowest BCUT2D eigenvalue weighted by atomic mass is 9.97. The van der Waals surface area contributed by atoms with Crippen LogP contribution in [-0.4, -0.2) is 38.0 Å². The van der Waals surface area contributed by atoms with Crippen molar-refractivity contribution in [2.75, 3.05) is 12.4 Å². The van der Waals surface area contributed by atoms with Gasteiger partial charge in [-0.1, -0.05) is 18.2 Å². The number of pyridine rings is 1. The van der Waals surface area contributed by atoms with Crippen LogP contribution in [0.4, 0.5) is 18.9 Å². The van der Waals surface area contributed by atoms with Gasteiger partial charge in [0.1, 0.15) is 11.5 Å². The molecular weight excluding hydrogens is 563 g/mol. The number of ether oxygens (including phenoxy) is 2. The van der Waals surface area contributed by atoms with Gasteiger partial charge in [-0.3, -0.25) is 15.0 Å². The second-order valence-electron chi connectivity index (χ2n) is 8.76. The number of carbonyl (C=O) groups excluding carboxylic acids is 1. The van der Waals surface area contributed by atoms with Crippen molar-refractivity contribution in [2.24, 2.45) is 0 Å². The van der Waals surface area contributed by atoms with Crippen molar-refractivity contribution in [1.29, 1.82) is 0 Å². The Labute approximate surface area is 233 Å². The first kappa shape index (κ1) is 29.4. The number of aromatic nitrogens is 1. The van der Waals surface area contributed by atoms with E-state index in [4.69, 9.17) is 4.74 Å². The molecule has 9 nitrogen and oxygen atoms in total. The minimum atomic E-state index is -4.85. The van der Waals surface area contributed by atoms with Gasteiger partial charge in [-0.2, -0.15) is 0 Å². The van der Waals surface area contributed by atoms with E-state index >= 15 is 0 Å². The number of benzene rings is 3. The van der Waals surface area contributed by atoms with Crippen LogP contribution >= 0.6 is 0 Å². The molecule has 3 N–H and O–H groups in total. The summed E-state index contributed by atoms with van der Waals surface area (Å²) in [5.41, 5.74) is 3.10. The molecule has 0 saturated carbocycles. The second-order valence-corrected chi connectivity index (χ2v) is 10.8. The van der Waals surface area contributed by atoms with Gasteiger partial charge in [0.15, 0.2) is 5.37 Å². The van der Waals surface area contributed by atoms with Crippen LogP contribution in [0.3, 0.4) is 0 Å². The molecule has 1 atom stereocenters. The molecule has 0 spiro atoms. The van der Waals surface area contributed by atoms with E-state index in [0.717, 1.165) is 12.1 Å². The molecule has 0 aliphatic carbocycles. The third-order valence-electron chi connectivity index (χ3n) is 6.06. The van der Waals surface area contributed by atoms with Gasteiger partial charge in [-0.05, 0) is 78.2 Å². The van der Waals surface area contributed by atoms with E-state index in [1.54, 1.807) is 30.6 Å². The maximum atomic E-state index is 13.8. The quantitative estimate of drug-likeness (QED) is 0.169. The minimum Gasteiger partial charge on any atom is -0.497 e. The smallest absolute Gasteiger partial charge is 0.497 e. The Morgan fingerprint density at radius 1 is 0.976 bits per heavy atom. The average Bonchev–Trinajstić information content (AvgIpc) is 2.95. The fraction of sp³-hybridized carbons (Fsp3) is 0.143. The van der Waals surface area contributed by atoms with Crippen LogP contribution in [0.15, 0.2) is 90.1 Å². The Morgan fingerprint density at radius 2 is 1.63 bits per heavy atom. The van der Waals surface area contributed by atoms with Crippen LogP contribution in [-0.2, 0) is 9.84 Å². The number of anilines is 1. The van der Waals surface area contributed by atoms with Crippen molar-refractivity contribution < 1.29 is 41.1 Å². The number of alkyl halides is 3. The largest absolute Gasteiger partial charge is 0.573 e. The molecule has 0 bridgehead atoms. The summed E-state index contributed by atoms with van der Waals surface area (Å²) in [6.07, 6.45) is -2.00. The number of carbonyl (C=O) groups is 1. The van der Waals surface area contributed by atoms with Gasteiger partial charge < -0.3 is 14.8 Å². The van der Waals surface area contributed by atoms with Crippen LogP contribution in [0.25, 0.3) is 11.1 Å². The lowest BCUT2D eigenvalue weighted by Gasteiger charge is -2.24. The topological polar surface area (TPSA) is 127 Å².